The Kier molecular flexibility index (Phi) is 3.24. The number of hydrogen-bond donors (Lipinski definition) is 2. The summed E-state index contributed by atoms with van der Waals surface area (Å²) < 4.78 is 0. The number of likely N-dealkylation sites (tertiary alicyclic amines) is 1. The Morgan fingerprint density at radius 2 is 2.56 bits per heavy atom. The summed E-state index contributed by atoms with van der Waals surface area (Å²) in [7, 11) is 1.95. The Labute approximate surface area is 95.2 Å². The van der Waals surface area contributed by atoms with Crippen molar-refractivity contribution < 1.29 is 4.79 Å². The summed E-state index contributed by atoms with van der Waals surface area (Å²) in [5, 5.41) is 9.95. The maximum Gasteiger partial charge on any atom is 0.274 e. The molecular weight excluding hydrogens is 204 g/mol. The van der Waals surface area contributed by atoms with Gasteiger partial charge in [0.15, 0.2) is 0 Å². The minimum Gasteiger partial charge on any atom is -0.337 e. The Hall–Kier alpha value is -1.36. The highest BCUT2D eigenvalue weighted by Crippen LogP contribution is 2.17. The van der Waals surface area contributed by atoms with E-state index in [1.54, 1.807) is 6.07 Å². The standard InChI is InChI=1S/C11H18N4O/c1-8-5-10(14-13-8)11(16)15-4-3-9(7-15)6-12-2/h5,9,12H,3-4,6-7H2,1-2H3,(H,13,14). The van der Waals surface area contributed by atoms with Crippen molar-refractivity contribution >= 4 is 5.91 Å². The molecule has 0 saturated carbocycles. The molecule has 5 nitrogen and oxygen atoms in total. The molecule has 88 valence electrons. The van der Waals surface area contributed by atoms with Gasteiger partial charge in [0.2, 0.25) is 0 Å². The van der Waals surface area contributed by atoms with E-state index in [-0.39, 0.29) is 5.91 Å². The molecule has 0 spiro atoms. The van der Waals surface area contributed by atoms with Crippen LogP contribution in [0.15, 0.2) is 6.07 Å². The lowest BCUT2D eigenvalue weighted by Crippen LogP contribution is -2.30. The zero-order chi connectivity index (χ0) is 11.5. The number of hydrogen-bond acceptors (Lipinski definition) is 3. The number of aromatic amines is 1. The van der Waals surface area contributed by atoms with Crippen LogP contribution < -0.4 is 5.32 Å². The lowest BCUT2D eigenvalue weighted by Gasteiger charge is -2.14. The van der Waals surface area contributed by atoms with Crippen LogP contribution in [0.3, 0.4) is 0 Å². The first-order chi connectivity index (χ1) is 7.70. The molecule has 1 aliphatic rings. The fourth-order valence-corrected chi connectivity index (χ4v) is 2.16. The summed E-state index contributed by atoms with van der Waals surface area (Å²) in [6.07, 6.45) is 1.08. The number of aryl methyl sites for hydroxylation is 1. The summed E-state index contributed by atoms with van der Waals surface area (Å²) in [4.78, 5) is 13.9. The molecule has 0 aromatic carbocycles. The second-order valence-electron chi connectivity index (χ2n) is 4.40. The molecule has 0 aliphatic carbocycles. The van der Waals surface area contributed by atoms with Crippen molar-refractivity contribution in [1.29, 1.82) is 0 Å². The summed E-state index contributed by atoms with van der Waals surface area (Å²) in [5.74, 6) is 0.622. The van der Waals surface area contributed by atoms with E-state index in [1.807, 2.05) is 18.9 Å². The number of rotatable bonds is 3. The minimum atomic E-state index is 0.0444. The van der Waals surface area contributed by atoms with Gasteiger partial charge in [0.05, 0.1) is 0 Å². The zero-order valence-electron chi connectivity index (χ0n) is 9.79. The molecule has 16 heavy (non-hydrogen) atoms. The molecule has 0 bridgehead atoms. The average molecular weight is 222 g/mol. The van der Waals surface area contributed by atoms with Gasteiger partial charge < -0.3 is 10.2 Å². The van der Waals surface area contributed by atoms with E-state index < -0.39 is 0 Å². The number of nitrogens with one attached hydrogen (secondary N) is 2. The molecule has 1 aromatic rings. The predicted octanol–water partition coefficient (Wildman–Crippen LogP) is 0.400. The second-order valence-corrected chi connectivity index (χ2v) is 4.40. The molecule has 1 saturated heterocycles. The van der Waals surface area contributed by atoms with E-state index >= 15 is 0 Å². The van der Waals surface area contributed by atoms with Gasteiger partial charge >= 0.3 is 0 Å². The van der Waals surface area contributed by atoms with Crippen LogP contribution in [-0.4, -0.2) is 47.7 Å². The van der Waals surface area contributed by atoms with Crippen LogP contribution in [0.5, 0.6) is 0 Å². The van der Waals surface area contributed by atoms with E-state index in [0.717, 1.165) is 31.7 Å². The molecule has 5 heteroatoms. The van der Waals surface area contributed by atoms with Gasteiger partial charge in [-0.15, -0.1) is 0 Å². The van der Waals surface area contributed by atoms with Crippen molar-refractivity contribution in [2.75, 3.05) is 26.7 Å². The van der Waals surface area contributed by atoms with E-state index in [9.17, 15) is 4.79 Å². The van der Waals surface area contributed by atoms with E-state index in [4.69, 9.17) is 0 Å². The smallest absolute Gasteiger partial charge is 0.274 e. The Balaban J connectivity index is 1.97. The van der Waals surface area contributed by atoms with Crippen LogP contribution in [-0.2, 0) is 0 Å². The zero-order valence-corrected chi connectivity index (χ0v) is 9.79. The number of amides is 1. The monoisotopic (exact) mass is 222 g/mol. The molecule has 1 atom stereocenters. The van der Waals surface area contributed by atoms with Crippen LogP contribution in [0.25, 0.3) is 0 Å². The lowest BCUT2D eigenvalue weighted by atomic mass is 10.1. The Bertz CT molecular complexity index is 374. The van der Waals surface area contributed by atoms with Gasteiger partial charge in [-0.05, 0) is 38.9 Å². The molecule has 1 fully saturated rings. The first-order valence-electron chi connectivity index (χ1n) is 5.66. The van der Waals surface area contributed by atoms with Crippen molar-refractivity contribution in [2.24, 2.45) is 5.92 Å². The topological polar surface area (TPSA) is 61.0 Å². The van der Waals surface area contributed by atoms with Gasteiger partial charge in [-0.1, -0.05) is 0 Å². The first-order valence-corrected chi connectivity index (χ1v) is 5.66. The number of nitrogens with zero attached hydrogens (tertiary/aromatic N) is 2. The van der Waals surface area contributed by atoms with Crippen molar-refractivity contribution in [3.8, 4) is 0 Å². The summed E-state index contributed by atoms with van der Waals surface area (Å²) >= 11 is 0. The van der Waals surface area contributed by atoms with Crippen molar-refractivity contribution in [2.45, 2.75) is 13.3 Å². The first kappa shape index (κ1) is 11.1. The van der Waals surface area contributed by atoms with Gasteiger partial charge in [0.1, 0.15) is 5.69 Å². The maximum atomic E-state index is 12.0. The molecule has 2 rings (SSSR count). The average Bonchev–Trinajstić information content (AvgIpc) is 2.87. The van der Waals surface area contributed by atoms with Gasteiger partial charge in [-0.25, -0.2) is 0 Å². The maximum absolute atomic E-state index is 12.0. The van der Waals surface area contributed by atoms with Gasteiger partial charge in [-0.3, -0.25) is 9.89 Å². The summed E-state index contributed by atoms with van der Waals surface area (Å²) in [5.41, 5.74) is 1.46. The van der Waals surface area contributed by atoms with Crippen molar-refractivity contribution in [3.63, 3.8) is 0 Å². The summed E-state index contributed by atoms with van der Waals surface area (Å²) in [6, 6.07) is 1.80. The third-order valence-electron chi connectivity index (χ3n) is 2.99. The lowest BCUT2D eigenvalue weighted by molar-refractivity contribution is 0.0781. The predicted molar refractivity (Wildman–Crippen MR) is 61.3 cm³/mol. The van der Waals surface area contributed by atoms with E-state index in [0.29, 0.717) is 11.6 Å². The molecule has 1 unspecified atom stereocenters. The fourth-order valence-electron chi connectivity index (χ4n) is 2.16. The molecule has 1 aliphatic heterocycles. The molecule has 0 radical (unpaired) electrons. The number of carbonyl (C=O) groups is 1. The highest BCUT2D eigenvalue weighted by Gasteiger charge is 2.27. The van der Waals surface area contributed by atoms with Gasteiger partial charge in [0, 0.05) is 18.8 Å². The largest absolute Gasteiger partial charge is 0.337 e. The van der Waals surface area contributed by atoms with Gasteiger partial charge in [-0.2, -0.15) is 5.10 Å². The third-order valence-corrected chi connectivity index (χ3v) is 2.99. The Morgan fingerprint density at radius 1 is 1.75 bits per heavy atom. The highest BCUT2D eigenvalue weighted by atomic mass is 16.2. The van der Waals surface area contributed by atoms with Crippen molar-refractivity contribution in [1.82, 2.24) is 20.4 Å². The van der Waals surface area contributed by atoms with Crippen molar-refractivity contribution in [3.05, 3.63) is 17.5 Å². The second kappa shape index (κ2) is 4.65. The highest BCUT2D eigenvalue weighted by molar-refractivity contribution is 5.92. The quantitative estimate of drug-likeness (QED) is 0.778. The molecular formula is C11H18N4O. The van der Waals surface area contributed by atoms with Crippen LogP contribution in [0, 0.1) is 12.8 Å². The van der Waals surface area contributed by atoms with Crippen LogP contribution in [0.1, 0.15) is 22.6 Å². The van der Waals surface area contributed by atoms with Crippen LogP contribution >= 0.6 is 0 Å². The molecule has 1 aromatic heterocycles. The third kappa shape index (κ3) is 2.24. The van der Waals surface area contributed by atoms with Crippen LogP contribution in [0.2, 0.25) is 0 Å². The minimum absolute atomic E-state index is 0.0444. The SMILES string of the molecule is CNCC1CCN(C(=O)c2cc(C)[nH]n2)C1. The normalized spacial score (nSPS) is 20.4. The number of aromatic nitrogens is 2. The van der Waals surface area contributed by atoms with Crippen LogP contribution in [0.4, 0.5) is 0 Å². The number of carbonyl (C=O) groups excluding carboxylic acids is 1. The molecule has 2 N–H and O–H groups in total. The van der Waals surface area contributed by atoms with Gasteiger partial charge in [0.25, 0.3) is 5.91 Å². The molecule has 2 heterocycles. The fraction of sp³-hybridized carbons (Fsp3) is 0.636. The number of H-pyrrole nitrogens is 1. The van der Waals surface area contributed by atoms with E-state index in [2.05, 4.69) is 15.5 Å². The van der Waals surface area contributed by atoms with E-state index in [1.165, 1.54) is 0 Å². The summed E-state index contributed by atoms with van der Waals surface area (Å²) in [6.45, 7) is 4.56. The Morgan fingerprint density at radius 3 is 3.19 bits per heavy atom. The molecule has 1 amide bonds.